The number of piperazine rings is 1. The fourth-order valence-corrected chi connectivity index (χ4v) is 5.88. The van der Waals surface area contributed by atoms with Crippen molar-refractivity contribution in [3.63, 3.8) is 0 Å². The summed E-state index contributed by atoms with van der Waals surface area (Å²) in [5.74, 6) is -0.478. The molecule has 3 aliphatic rings. The molecule has 3 N–H and O–H groups in total. The van der Waals surface area contributed by atoms with E-state index >= 15 is 0 Å². The predicted molar refractivity (Wildman–Crippen MR) is 155 cm³/mol. The third-order valence-corrected chi connectivity index (χ3v) is 8.67. The number of likely N-dealkylation sites (N-methyl/N-ethyl adjacent to an activating group) is 1. The molecule has 0 aliphatic carbocycles. The van der Waals surface area contributed by atoms with Crippen molar-refractivity contribution in [3.8, 4) is 0 Å². The van der Waals surface area contributed by atoms with Gasteiger partial charge in [-0.25, -0.2) is 0 Å². The molecule has 3 heterocycles. The Hall–Kier alpha value is -2.98. The summed E-state index contributed by atoms with van der Waals surface area (Å²) >= 11 is 0. The summed E-state index contributed by atoms with van der Waals surface area (Å²) in [4.78, 5) is 59.6. The van der Waals surface area contributed by atoms with Crippen LogP contribution in [0.5, 0.6) is 0 Å². The lowest BCUT2D eigenvalue weighted by molar-refractivity contribution is -0.137. The van der Waals surface area contributed by atoms with Crippen molar-refractivity contribution in [2.24, 2.45) is 17.1 Å². The SMILES string of the molecule is CC(CCNC(=O)c1ccc(N2CCN(C)CC2)cc1)CC(=O)N1CCC2C1C(=O)CN2C(=O)C(N)C(C)(C)C. The number of carbonyl (C=O) groups is 4. The summed E-state index contributed by atoms with van der Waals surface area (Å²) in [7, 11) is 2.13. The minimum absolute atomic E-state index is 0.0136. The standard InChI is InChI=1S/C30H46N6O4/c1-20(10-12-32-28(39)21-6-8-22(9-7-21)34-16-14-33(5)15-17-34)18-25(38)35-13-11-23-26(35)24(37)19-36(23)29(40)27(31)30(2,3)4/h6-9,20,23,26-27H,10-19,31H2,1-5H3,(H,32,39). The molecule has 10 nitrogen and oxygen atoms in total. The summed E-state index contributed by atoms with van der Waals surface area (Å²) < 4.78 is 0. The number of nitrogens with zero attached hydrogens (tertiary/aromatic N) is 4. The Morgan fingerprint density at radius 1 is 1.02 bits per heavy atom. The van der Waals surface area contributed by atoms with Crippen LogP contribution in [0.3, 0.4) is 0 Å². The first-order chi connectivity index (χ1) is 18.9. The summed E-state index contributed by atoms with van der Waals surface area (Å²) in [6, 6.07) is 6.15. The third kappa shape index (κ3) is 6.66. The van der Waals surface area contributed by atoms with E-state index in [9.17, 15) is 19.2 Å². The van der Waals surface area contributed by atoms with Crippen molar-refractivity contribution in [3.05, 3.63) is 29.8 Å². The van der Waals surface area contributed by atoms with Gasteiger partial charge in [0, 0.05) is 56.9 Å². The molecule has 4 atom stereocenters. The van der Waals surface area contributed by atoms with Gasteiger partial charge in [-0.2, -0.15) is 0 Å². The normalized spacial score (nSPS) is 23.2. The van der Waals surface area contributed by atoms with Crippen molar-refractivity contribution in [2.45, 2.75) is 65.1 Å². The highest BCUT2D eigenvalue weighted by Gasteiger charge is 2.52. The Balaban J connectivity index is 1.22. The topological polar surface area (TPSA) is 119 Å². The first kappa shape index (κ1) is 30.0. The second kappa shape index (κ2) is 12.3. The lowest BCUT2D eigenvalue weighted by atomic mass is 9.86. The van der Waals surface area contributed by atoms with Gasteiger partial charge in [0.1, 0.15) is 6.04 Å². The summed E-state index contributed by atoms with van der Waals surface area (Å²) in [5, 5.41) is 2.97. The van der Waals surface area contributed by atoms with Gasteiger partial charge in [-0.1, -0.05) is 27.7 Å². The third-order valence-electron chi connectivity index (χ3n) is 8.67. The number of rotatable bonds is 8. The summed E-state index contributed by atoms with van der Waals surface area (Å²) in [5.41, 5.74) is 7.53. The van der Waals surface area contributed by atoms with Gasteiger partial charge in [0.2, 0.25) is 11.8 Å². The molecular weight excluding hydrogens is 508 g/mol. The number of ketones is 1. The van der Waals surface area contributed by atoms with E-state index in [1.54, 1.807) is 9.80 Å². The molecule has 3 fully saturated rings. The monoisotopic (exact) mass is 554 g/mol. The highest BCUT2D eigenvalue weighted by atomic mass is 16.2. The van der Waals surface area contributed by atoms with Gasteiger partial charge in [0.15, 0.2) is 5.78 Å². The molecule has 4 unspecified atom stereocenters. The van der Waals surface area contributed by atoms with Crippen molar-refractivity contribution in [1.82, 2.24) is 20.0 Å². The van der Waals surface area contributed by atoms with E-state index in [-0.39, 0.29) is 42.0 Å². The van der Waals surface area contributed by atoms with Crippen molar-refractivity contribution in [1.29, 1.82) is 0 Å². The first-order valence-electron chi connectivity index (χ1n) is 14.6. The fourth-order valence-electron chi connectivity index (χ4n) is 5.88. The highest BCUT2D eigenvalue weighted by Crippen LogP contribution is 2.32. The maximum absolute atomic E-state index is 13.2. The average Bonchev–Trinajstić information content (AvgIpc) is 3.49. The molecule has 3 aliphatic heterocycles. The number of likely N-dealkylation sites (tertiary alicyclic amines) is 2. The smallest absolute Gasteiger partial charge is 0.251 e. The summed E-state index contributed by atoms with van der Waals surface area (Å²) in [6.45, 7) is 12.7. The molecular formula is C30H46N6O4. The van der Waals surface area contributed by atoms with Gasteiger partial charge in [0.05, 0.1) is 18.6 Å². The zero-order valence-corrected chi connectivity index (χ0v) is 24.7. The van der Waals surface area contributed by atoms with Crippen LogP contribution in [0.1, 0.15) is 57.3 Å². The number of anilines is 1. The number of fused-ring (bicyclic) bond motifs is 1. The number of Topliss-reactive ketones (excluding diaryl/α,β-unsaturated/α-hetero) is 1. The van der Waals surface area contributed by atoms with Crippen LogP contribution >= 0.6 is 0 Å². The molecule has 0 aromatic heterocycles. The molecule has 0 saturated carbocycles. The number of amides is 3. The van der Waals surface area contributed by atoms with Crippen LogP contribution in [0.2, 0.25) is 0 Å². The van der Waals surface area contributed by atoms with Gasteiger partial charge >= 0.3 is 0 Å². The molecule has 3 amide bonds. The van der Waals surface area contributed by atoms with Gasteiger partial charge in [-0.3, -0.25) is 19.2 Å². The van der Waals surface area contributed by atoms with Crippen molar-refractivity contribution < 1.29 is 19.2 Å². The Morgan fingerprint density at radius 2 is 1.68 bits per heavy atom. The molecule has 4 rings (SSSR count). The number of nitrogens with one attached hydrogen (secondary N) is 1. The Kier molecular flexibility index (Phi) is 9.19. The molecule has 40 heavy (non-hydrogen) atoms. The van der Waals surface area contributed by atoms with E-state index in [0.717, 1.165) is 31.9 Å². The van der Waals surface area contributed by atoms with Crippen LogP contribution in [0, 0.1) is 11.3 Å². The van der Waals surface area contributed by atoms with Gasteiger partial charge in [0.25, 0.3) is 5.91 Å². The van der Waals surface area contributed by atoms with E-state index in [4.69, 9.17) is 5.73 Å². The predicted octanol–water partition coefficient (Wildman–Crippen LogP) is 1.34. The first-order valence-corrected chi connectivity index (χ1v) is 14.6. The largest absolute Gasteiger partial charge is 0.369 e. The Morgan fingerprint density at radius 3 is 2.30 bits per heavy atom. The van der Waals surface area contributed by atoms with Crippen LogP contribution in [0.25, 0.3) is 0 Å². The number of hydrogen-bond donors (Lipinski definition) is 2. The quantitative estimate of drug-likeness (QED) is 0.498. The van der Waals surface area contributed by atoms with Crippen molar-refractivity contribution >= 4 is 29.2 Å². The van der Waals surface area contributed by atoms with Gasteiger partial charge in [-0.05, 0) is 55.5 Å². The summed E-state index contributed by atoms with van der Waals surface area (Å²) in [6.07, 6.45) is 1.53. The average molecular weight is 555 g/mol. The molecule has 220 valence electrons. The van der Waals surface area contributed by atoms with Crippen LogP contribution < -0.4 is 16.0 Å². The maximum atomic E-state index is 13.2. The van der Waals surface area contributed by atoms with Crippen LogP contribution in [-0.2, 0) is 14.4 Å². The van der Waals surface area contributed by atoms with E-state index in [0.29, 0.717) is 37.9 Å². The Labute approximate surface area is 238 Å². The van der Waals surface area contributed by atoms with E-state index in [1.807, 2.05) is 52.0 Å². The lowest BCUT2D eigenvalue weighted by Gasteiger charge is -2.34. The number of carbonyl (C=O) groups excluding carboxylic acids is 4. The molecule has 0 spiro atoms. The zero-order valence-electron chi connectivity index (χ0n) is 24.7. The number of nitrogens with two attached hydrogens (primary N) is 1. The van der Waals surface area contributed by atoms with Crippen LogP contribution in [-0.4, -0.2) is 109 Å². The molecule has 1 aromatic rings. The second-order valence-corrected chi connectivity index (χ2v) is 12.9. The van der Waals surface area contributed by atoms with Gasteiger partial charge in [-0.15, -0.1) is 0 Å². The molecule has 0 radical (unpaired) electrons. The number of hydrogen-bond acceptors (Lipinski definition) is 7. The Bertz CT molecular complexity index is 1090. The molecule has 3 saturated heterocycles. The molecule has 10 heteroatoms. The zero-order chi connectivity index (χ0) is 29.2. The lowest BCUT2D eigenvalue weighted by Crippen LogP contribution is -2.52. The fraction of sp³-hybridized carbons (Fsp3) is 0.667. The van der Waals surface area contributed by atoms with Crippen molar-refractivity contribution in [2.75, 3.05) is 57.8 Å². The van der Waals surface area contributed by atoms with Gasteiger partial charge < -0.3 is 30.7 Å². The second-order valence-electron chi connectivity index (χ2n) is 12.9. The van der Waals surface area contributed by atoms with E-state index in [1.165, 1.54) is 0 Å². The minimum atomic E-state index is -0.700. The maximum Gasteiger partial charge on any atom is 0.251 e. The van der Waals surface area contributed by atoms with E-state index < -0.39 is 17.5 Å². The molecule has 1 aromatic carbocycles. The molecule has 0 bridgehead atoms. The number of benzene rings is 1. The highest BCUT2D eigenvalue weighted by molar-refractivity contribution is 5.98. The minimum Gasteiger partial charge on any atom is -0.369 e. The van der Waals surface area contributed by atoms with Crippen LogP contribution in [0.4, 0.5) is 5.69 Å². The van der Waals surface area contributed by atoms with E-state index in [2.05, 4.69) is 22.2 Å². The van der Waals surface area contributed by atoms with Crippen LogP contribution in [0.15, 0.2) is 24.3 Å².